The number of aromatic nitrogens is 1. The number of halogens is 3. The zero-order valence-corrected chi connectivity index (χ0v) is 20.6. The van der Waals surface area contributed by atoms with Gasteiger partial charge in [-0.1, -0.05) is 36.4 Å². The van der Waals surface area contributed by atoms with E-state index in [4.69, 9.17) is 14.2 Å². The van der Waals surface area contributed by atoms with Gasteiger partial charge >= 0.3 is 12.1 Å². The van der Waals surface area contributed by atoms with E-state index in [1.807, 2.05) is 18.2 Å². The summed E-state index contributed by atoms with van der Waals surface area (Å²) >= 11 is 0. The standard InChI is InChI=1S/C28H27F3N2O4/c1-17(2)37-26-25-22(13-14-32-26)33-18(3)23(24(25)20-11-7-8-12-21(20)28(29,30)31)27(34)36-16-15-35-19-9-5-4-6-10-19/h4-14,17,24,33H,15-16H2,1-3H3. The minimum Gasteiger partial charge on any atom is -0.490 e. The molecule has 9 heteroatoms. The molecule has 0 spiro atoms. The fourth-order valence-corrected chi connectivity index (χ4v) is 4.27. The summed E-state index contributed by atoms with van der Waals surface area (Å²) in [6, 6.07) is 15.9. The zero-order valence-electron chi connectivity index (χ0n) is 20.6. The van der Waals surface area contributed by atoms with Crippen LogP contribution in [0.25, 0.3) is 0 Å². The van der Waals surface area contributed by atoms with E-state index in [-0.39, 0.29) is 36.3 Å². The third kappa shape index (κ3) is 5.87. The van der Waals surface area contributed by atoms with Crippen LogP contribution >= 0.6 is 0 Å². The number of nitrogens with zero attached hydrogens (tertiary/aromatic N) is 1. The van der Waals surface area contributed by atoms with Crippen LogP contribution < -0.4 is 14.8 Å². The number of carbonyl (C=O) groups is 1. The van der Waals surface area contributed by atoms with Crippen LogP contribution in [0, 0.1) is 0 Å². The van der Waals surface area contributed by atoms with Gasteiger partial charge in [0.15, 0.2) is 0 Å². The summed E-state index contributed by atoms with van der Waals surface area (Å²) in [7, 11) is 0. The highest BCUT2D eigenvalue weighted by Gasteiger charge is 2.42. The van der Waals surface area contributed by atoms with Crippen molar-refractivity contribution in [3.05, 3.63) is 94.8 Å². The average Bonchev–Trinajstić information content (AvgIpc) is 2.85. The molecule has 2 aromatic carbocycles. The van der Waals surface area contributed by atoms with Crippen molar-refractivity contribution in [3.63, 3.8) is 0 Å². The number of allylic oxidation sites excluding steroid dienone is 1. The van der Waals surface area contributed by atoms with Crippen molar-refractivity contribution in [1.82, 2.24) is 4.98 Å². The number of hydrogen-bond acceptors (Lipinski definition) is 6. The van der Waals surface area contributed by atoms with E-state index in [0.717, 1.165) is 6.07 Å². The van der Waals surface area contributed by atoms with Gasteiger partial charge in [0.1, 0.15) is 19.0 Å². The predicted octanol–water partition coefficient (Wildman–Crippen LogP) is 6.34. The van der Waals surface area contributed by atoms with Gasteiger partial charge in [-0.2, -0.15) is 13.2 Å². The second-order valence-electron chi connectivity index (χ2n) is 8.72. The van der Waals surface area contributed by atoms with Gasteiger partial charge in [-0.3, -0.25) is 0 Å². The number of pyridine rings is 1. The Balaban J connectivity index is 1.73. The quantitative estimate of drug-likeness (QED) is 0.281. The van der Waals surface area contributed by atoms with Gasteiger partial charge in [0.25, 0.3) is 0 Å². The number of rotatable bonds is 8. The van der Waals surface area contributed by atoms with Crippen molar-refractivity contribution < 1.29 is 32.2 Å². The Morgan fingerprint density at radius 1 is 1.03 bits per heavy atom. The monoisotopic (exact) mass is 512 g/mol. The number of anilines is 1. The smallest absolute Gasteiger partial charge is 0.416 e. The van der Waals surface area contributed by atoms with Crippen molar-refractivity contribution >= 4 is 11.7 Å². The second kappa shape index (κ2) is 10.9. The number of para-hydroxylation sites is 1. The number of esters is 1. The van der Waals surface area contributed by atoms with Gasteiger partial charge in [0.2, 0.25) is 5.88 Å². The fraction of sp³-hybridized carbons (Fsp3) is 0.286. The Morgan fingerprint density at radius 2 is 1.73 bits per heavy atom. The zero-order chi connectivity index (χ0) is 26.6. The largest absolute Gasteiger partial charge is 0.490 e. The van der Waals surface area contributed by atoms with Gasteiger partial charge in [-0.25, -0.2) is 9.78 Å². The van der Waals surface area contributed by atoms with Gasteiger partial charge < -0.3 is 19.5 Å². The molecule has 0 radical (unpaired) electrons. The predicted molar refractivity (Wildman–Crippen MR) is 133 cm³/mol. The van der Waals surface area contributed by atoms with Crippen LogP contribution in [-0.4, -0.2) is 30.3 Å². The lowest BCUT2D eigenvalue weighted by atomic mass is 9.79. The van der Waals surface area contributed by atoms with Crippen molar-refractivity contribution in [2.75, 3.05) is 18.5 Å². The molecule has 1 unspecified atom stereocenters. The topological polar surface area (TPSA) is 69.7 Å². The van der Waals surface area contributed by atoms with E-state index in [1.165, 1.54) is 24.4 Å². The Hall–Kier alpha value is -4.01. The lowest BCUT2D eigenvalue weighted by Crippen LogP contribution is -2.28. The number of carbonyl (C=O) groups excluding carboxylic acids is 1. The maximum absolute atomic E-state index is 14.1. The molecule has 37 heavy (non-hydrogen) atoms. The van der Waals surface area contributed by atoms with Crippen LogP contribution in [0.4, 0.5) is 18.9 Å². The molecule has 4 rings (SSSR count). The first-order valence-electron chi connectivity index (χ1n) is 11.8. The summed E-state index contributed by atoms with van der Waals surface area (Å²) in [5, 5.41) is 3.12. The van der Waals surface area contributed by atoms with Gasteiger partial charge in [0.05, 0.1) is 23.2 Å². The molecule has 6 nitrogen and oxygen atoms in total. The molecule has 1 aliphatic heterocycles. The maximum Gasteiger partial charge on any atom is 0.416 e. The maximum atomic E-state index is 14.1. The summed E-state index contributed by atoms with van der Waals surface area (Å²) in [5.74, 6) is -1.12. The first kappa shape index (κ1) is 26.1. The first-order chi connectivity index (χ1) is 17.7. The molecule has 3 aromatic rings. The van der Waals surface area contributed by atoms with Crippen molar-refractivity contribution in [2.45, 2.75) is 39.0 Å². The van der Waals surface area contributed by atoms with E-state index >= 15 is 0 Å². The van der Waals surface area contributed by atoms with Crippen molar-refractivity contribution in [1.29, 1.82) is 0 Å². The minimum absolute atomic E-state index is 0.0468. The summed E-state index contributed by atoms with van der Waals surface area (Å²) in [6.07, 6.45) is -3.43. The number of alkyl halides is 3. The molecule has 1 atom stereocenters. The van der Waals surface area contributed by atoms with E-state index in [9.17, 15) is 18.0 Å². The lowest BCUT2D eigenvalue weighted by Gasteiger charge is -2.32. The molecule has 0 amide bonds. The number of nitrogens with one attached hydrogen (secondary N) is 1. The summed E-state index contributed by atoms with van der Waals surface area (Å²) < 4.78 is 59.3. The highest BCUT2D eigenvalue weighted by atomic mass is 19.4. The molecule has 0 saturated heterocycles. The molecule has 194 valence electrons. The molecule has 0 fully saturated rings. The Labute approximate surface area is 213 Å². The Morgan fingerprint density at radius 3 is 2.43 bits per heavy atom. The third-order valence-corrected chi connectivity index (χ3v) is 5.73. The molecule has 2 heterocycles. The van der Waals surface area contributed by atoms with Gasteiger partial charge in [0, 0.05) is 23.1 Å². The van der Waals surface area contributed by atoms with Crippen LogP contribution in [-0.2, 0) is 15.7 Å². The molecular formula is C28H27F3N2O4. The summed E-state index contributed by atoms with van der Waals surface area (Å²) in [6.45, 7) is 5.21. The van der Waals surface area contributed by atoms with Crippen LogP contribution in [0.3, 0.4) is 0 Å². The number of benzene rings is 2. The molecule has 0 aliphatic carbocycles. The number of hydrogen-bond donors (Lipinski definition) is 1. The second-order valence-corrected chi connectivity index (χ2v) is 8.72. The van der Waals surface area contributed by atoms with Crippen LogP contribution in [0.1, 0.15) is 43.4 Å². The molecular weight excluding hydrogens is 485 g/mol. The van der Waals surface area contributed by atoms with Crippen LogP contribution in [0.5, 0.6) is 11.6 Å². The molecule has 1 N–H and O–H groups in total. The van der Waals surface area contributed by atoms with Crippen molar-refractivity contribution in [3.8, 4) is 11.6 Å². The van der Waals surface area contributed by atoms with Gasteiger partial charge in [-0.15, -0.1) is 0 Å². The summed E-state index contributed by atoms with van der Waals surface area (Å²) in [5.41, 5.74) is 0.333. The molecule has 1 aliphatic rings. The van der Waals surface area contributed by atoms with Crippen LogP contribution in [0.15, 0.2) is 78.1 Å². The third-order valence-electron chi connectivity index (χ3n) is 5.73. The number of ether oxygens (including phenoxy) is 3. The molecule has 0 bridgehead atoms. The SMILES string of the molecule is CC1=C(C(=O)OCCOc2ccccc2)C(c2ccccc2C(F)(F)F)c2c(ccnc2OC(C)C)N1. The van der Waals surface area contributed by atoms with Crippen molar-refractivity contribution in [2.24, 2.45) is 0 Å². The minimum atomic E-state index is -4.64. The highest BCUT2D eigenvalue weighted by Crippen LogP contribution is 2.48. The lowest BCUT2D eigenvalue weighted by molar-refractivity contribution is -0.141. The Kier molecular flexibility index (Phi) is 7.71. The van der Waals surface area contributed by atoms with Gasteiger partial charge in [-0.05, 0) is 50.6 Å². The summed E-state index contributed by atoms with van der Waals surface area (Å²) in [4.78, 5) is 17.7. The van der Waals surface area contributed by atoms with E-state index in [1.54, 1.807) is 39.0 Å². The molecule has 0 saturated carbocycles. The molecule has 1 aromatic heterocycles. The van der Waals surface area contributed by atoms with Crippen LogP contribution in [0.2, 0.25) is 0 Å². The van der Waals surface area contributed by atoms with E-state index < -0.39 is 23.6 Å². The van der Waals surface area contributed by atoms with E-state index in [2.05, 4.69) is 10.3 Å². The normalized spacial score (nSPS) is 15.2. The average molecular weight is 513 g/mol. The highest BCUT2D eigenvalue weighted by molar-refractivity contribution is 5.95. The Bertz CT molecular complexity index is 1290. The van der Waals surface area contributed by atoms with E-state index in [0.29, 0.717) is 22.7 Å². The first-order valence-corrected chi connectivity index (χ1v) is 11.8. The number of fused-ring (bicyclic) bond motifs is 1. The fourth-order valence-electron chi connectivity index (χ4n) is 4.27.